The molecule has 42 heavy (non-hydrogen) atoms. The van der Waals surface area contributed by atoms with Crippen LogP contribution in [0.3, 0.4) is 0 Å². The van der Waals surface area contributed by atoms with Crippen LogP contribution >= 0.6 is 0 Å². The minimum atomic E-state index is -0.272. The van der Waals surface area contributed by atoms with E-state index in [9.17, 15) is 19.2 Å². The maximum atomic E-state index is 12.9. The Balaban J connectivity index is 1.39. The highest BCUT2D eigenvalue weighted by molar-refractivity contribution is 6.01. The molecule has 0 atom stereocenters. The number of amides is 4. The second-order valence-corrected chi connectivity index (χ2v) is 10.5. The molecule has 8 heteroatoms. The molecule has 4 N–H and O–H groups in total. The van der Waals surface area contributed by atoms with Gasteiger partial charge in [-0.2, -0.15) is 0 Å². The van der Waals surface area contributed by atoms with Gasteiger partial charge in [-0.25, -0.2) is 0 Å². The zero-order valence-electron chi connectivity index (χ0n) is 23.5. The lowest BCUT2D eigenvalue weighted by Crippen LogP contribution is -2.26. The number of hydrogen-bond donors (Lipinski definition) is 4. The third kappa shape index (κ3) is 7.09. The molecule has 4 amide bonds. The van der Waals surface area contributed by atoms with E-state index in [-0.39, 0.29) is 23.6 Å². The number of benzene rings is 4. The Morgan fingerprint density at radius 3 is 0.810 bits per heavy atom. The van der Waals surface area contributed by atoms with E-state index in [2.05, 4.69) is 21.3 Å². The summed E-state index contributed by atoms with van der Waals surface area (Å²) in [6, 6.07) is 25.3. The highest BCUT2D eigenvalue weighted by Gasteiger charge is 2.14. The topological polar surface area (TPSA) is 116 Å². The molecule has 0 spiro atoms. The Bertz CT molecular complexity index is 1420. The zero-order chi connectivity index (χ0) is 29.6. The summed E-state index contributed by atoms with van der Waals surface area (Å²) in [5.41, 5.74) is 6.82. The summed E-state index contributed by atoms with van der Waals surface area (Å²) in [6.45, 7) is 4.94. The van der Waals surface area contributed by atoms with Crippen LogP contribution in [0.25, 0.3) is 0 Å². The van der Waals surface area contributed by atoms with Crippen LogP contribution in [0.2, 0.25) is 0 Å². The molecule has 4 aliphatic rings. The second kappa shape index (κ2) is 12.5. The largest absolute Gasteiger partial charge is 0.348 e. The van der Waals surface area contributed by atoms with Gasteiger partial charge in [0, 0.05) is 48.4 Å². The zero-order valence-corrected chi connectivity index (χ0v) is 23.5. The summed E-state index contributed by atoms with van der Waals surface area (Å²) in [5, 5.41) is 11.7. The molecule has 0 fully saturated rings. The lowest BCUT2D eigenvalue weighted by molar-refractivity contribution is 0.0935. The Morgan fingerprint density at radius 2 is 0.595 bits per heavy atom. The van der Waals surface area contributed by atoms with Crippen LogP contribution in [0.15, 0.2) is 84.9 Å². The van der Waals surface area contributed by atoms with Crippen LogP contribution < -0.4 is 21.3 Å². The van der Waals surface area contributed by atoms with Crippen LogP contribution in [0.1, 0.15) is 74.8 Å². The van der Waals surface area contributed by atoms with Gasteiger partial charge in [-0.05, 0) is 83.6 Å². The van der Waals surface area contributed by atoms with E-state index in [4.69, 9.17) is 0 Å². The van der Waals surface area contributed by atoms with Crippen molar-refractivity contribution < 1.29 is 19.2 Å². The number of nitrogens with one attached hydrogen (secondary N) is 4. The molecule has 0 aromatic heterocycles. The van der Waals surface area contributed by atoms with Crippen molar-refractivity contribution in [3.63, 3.8) is 0 Å². The molecule has 4 aromatic carbocycles. The van der Waals surface area contributed by atoms with Gasteiger partial charge in [-0.3, -0.25) is 19.2 Å². The number of carbonyl (C=O) groups is 4. The van der Waals surface area contributed by atoms with Crippen molar-refractivity contribution in [2.45, 2.75) is 40.0 Å². The van der Waals surface area contributed by atoms with Gasteiger partial charge in [-0.1, -0.05) is 48.5 Å². The third-order valence-corrected chi connectivity index (χ3v) is 7.06. The van der Waals surface area contributed by atoms with Crippen molar-refractivity contribution in [2.24, 2.45) is 0 Å². The van der Waals surface area contributed by atoms with Crippen molar-refractivity contribution in [2.75, 3.05) is 0 Å². The highest BCUT2D eigenvalue weighted by atomic mass is 16.2. The van der Waals surface area contributed by atoms with Crippen LogP contribution in [0, 0.1) is 13.8 Å². The fourth-order valence-electron chi connectivity index (χ4n) is 4.78. The summed E-state index contributed by atoms with van der Waals surface area (Å²) in [5.74, 6) is -1.09. The quantitative estimate of drug-likeness (QED) is 0.256. The van der Waals surface area contributed by atoms with Gasteiger partial charge in [0.2, 0.25) is 0 Å². The van der Waals surface area contributed by atoms with Crippen LogP contribution in [0.4, 0.5) is 0 Å². The van der Waals surface area contributed by atoms with E-state index in [1.165, 1.54) is 0 Å². The predicted molar refractivity (Wildman–Crippen MR) is 160 cm³/mol. The first kappa shape index (κ1) is 28.3. The Hall–Kier alpha value is -5.24. The second-order valence-electron chi connectivity index (χ2n) is 10.5. The lowest BCUT2D eigenvalue weighted by atomic mass is 10.0. The maximum Gasteiger partial charge on any atom is 0.251 e. The monoisotopic (exact) mass is 560 g/mol. The molecule has 0 aliphatic carbocycles. The van der Waals surface area contributed by atoms with Gasteiger partial charge in [0.15, 0.2) is 0 Å². The van der Waals surface area contributed by atoms with Crippen molar-refractivity contribution >= 4 is 23.6 Å². The van der Waals surface area contributed by atoms with Gasteiger partial charge in [-0.15, -0.1) is 0 Å². The number of rotatable bonds is 0. The first-order valence-electron chi connectivity index (χ1n) is 13.8. The van der Waals surface area contributed by atoms with E-state index in [1.54, 1.807) is 36.4 Å². The Labute approximate surface area is 244 Å². The first-order chi connectivity index (χ1) is 20.2. The van der Waals surface area contributed by atoms with Gasteiger partial charge in [0.25, 0.3) is 23.6 Å². The predicted octanol–water partition coefficient (Wildman–Crippen LogP) is 4.34. The summed E-state index contributed by atoms with van der Waals surface area (Å²) in [4.78, 5) is 51.7. The van der Waals surface area contributed by atoms with Crippen LogP contribution in [0.5, 0.6) is 0 Å². The average molecular weight is 561 g/mol. The standard InChI is InChI=1S/C34H32N4O4/c1-21-11-27-15-28(12-21)32(40)36-18-24-5-9-26(10-6-24)20-38-34(42)30-14-22(2)13-29(16-30)33(41)37-19-25-7-3-23(4-8-25)17-35-31(27)39/h3-16H,17-20H2,1-2H3,(H,35,39)(H,36,40)(H,37,41)(H,38,42). The lowest BCUT2D eigenvalue weighted by Gasteiger charge is -2.12. The molecule has 4 heterocycles. The maximum absolute atomic E-state index is 12.9. The summed E-state index contributed by atoms with van der Waals surface area (Å²) >= 11 is 0. The van der Waals surface area contributed by atoms with Gasteiger partial charge in [0.1, 0.15) is 0 Å². The minimum absolute atomic E-state index is 0.272. The Kier molecular flexibility index (Phi) is 8.43. The van der Waals surface area contributed by atoms with E-state index >= 15 is 0 Å². The smallest absolute Gasteiger partial charge is 0.251 e. The number of carbonyl (C=O) groups excluding carboxylic acids is 4. The summed E-state index contributed by atoms with van der Waals surface area (Å²) in [7, 11) is 0. The SMILES string of the molecule is Cc1cc2cc(c1)C(=O)NCc1ccc(cc1)CNC(=O)c1cc(C)cc(c1)C(=O)NCc1ccc(cc1)CNC2=O. The average Bonchev–Trinajstić information content (AvgIpc) is 3.00. The molecule has 212 valence electrons. The van der Waals surface area contributed by atoms with E-state index in [0.717, 1.165) is 33.4 Å². The fourth-order valence-corrected chi connectivity index (χ4v) is 4.78. The summed E-state index contributed by atoms with van der Waals surface area (Å²) in [6.07, 6.45) is 0. The number of aryl methyl sites for hydroxylation is 2. The van der Waals surface area contributed by atoms with Crippen molar-refractivity contribution in [3.8, 4) is 0 Å². The van der Waals surface area contributed by atoms with Gasteiger partial charge in [0.05, 0.1) is 0 Å². The first-order valence-corrected chi connectivity index (χ1v) is 13.8. The number of hydrogen-bond acceptors (Lipinski definition) is 4. The van der Waals surface area contributed by atoms with E-state index in [1.807, 2.05) is 62.4 Å². The van der Waals surface area contributed by atoms with E-state index in [0.29, 0.717) is 48.4 Å². The van der Waals surface area contributed by atoms with E-state index < -0.39 is 0 Å². The molecule has 4 aromatic rings. The molecule has 0 unspecified atom stereocenters. The molecular formula is C34H32N4O4. The van der Waals surface area contributed by atoms with Crippen LogP contribution in [-0.2, 0) is 26.2 Å². The van der Waals surface area contributed by atoms with Gasteiger partial charge < -0.3 is 21.3 Å². The normalized spacial score (nSPS) is 14.5. The van der Waals surface area contributed by atoms with Crippen molar-refractivity contribution in [1.82, 2.24) is 21.3 Å². The van der Waals surface area contributed by atoms with Gasteiger partial charge >= 0.3 is 0 Å². The molecule has 4 aliphatic heterocycles. The third-order valence-electron chi connectivity index (χ3n) is 7.06. The molecule has 0 saturated carbocycles. The fraction of sp³-hybridized carbons (Fsp3) is 0.176. The molecule has 0 saturated heterocycles. The molecule has 0 radical (unpaired) electrons. The molecule has 8 rings (SSSR count). The highest BCUT2D eigenvalue weighted by Crippen LogP contribution is 2.14. The molecular weight excluding hydrogens is 528 g/mol. The van der Waals surface area contributed by atoms with Crippen molar-refractivity contribution in [1.29, 1.82) is 0 Å². The van der Waals surface area contributed by atoms with Crippen molar-refractivity contribution in [3.05, 3.63) is 141 Å². The minimum Gasteiger partial charge on any atom is -0.348 e. The Morgan fingerprint density at radius 1 is 0.381 bits per heavy atom. The summed E-state index contributed by atoms with van der Waals surface area (Å²) < 4.78 is 0. The molecule has 8 nitrogen and oxygen atoms in total. The van der Waals surface area contributed by atoms with Crippen LogP contribution in [-0.4, -0.2) is 23.6 Å². The molecule has 8 bridgehead atoms.